The Morgan fingerprint density at radius 2 is 1.92 bits per heavy atom. The molecule has 13 heavy (non-hydrogen) atoms. The first-order valence-electron chi connectivity index (χ1n) is 4.00. The number of hydrogen-bond donors (Lipinski definition) is 1. The topological polar surface area (TPSA) is 86.2 Å². The van der Waals surface area contributed by atoms with Crippen molar-refractivity contribution in [3.63, 3.8) is 0 Å². The fourth-order valence-corrected chi connectivity index (χ4v) is 0.866. The minimum Gasteiger partial charge on any atom is -0.330 e. The van der Waals surface area contributed by atoms with Crippen molar-refractivity contribution in [1.82, 2.24) is 0 Å². The van der Waals surface area contributed by atoms with Gasteiger partial charge in [-0.1, -0.05) is 6.42 Å². The van der Waals surface area contributed by atoms with Crippen LogP contribution in [0.3, 0.4) is 0 Å². The average Bonchev–Trinajstić information content (AvgIpc) is 1.97. The maximum Gasteiger partial charge on any atom is 0.261 e. The number of nitrogens with zero attached hydrogens (tertiary/aromatic N) is 1. The number of ketones is 1. The Balaban J connectivity index is 0. The summed E-state index contributed by atoms with van der Waals surface area (Å²) in [6, 6.07) is 0. The van der Waals surface area contributed by atoms with Gasteiger partial charge in [0.05, 0.1) is 0 Å². The molecule has 0 atom stereocenters. The van der Waals surface area contributed by atoms with Crippen molar-refractivity contribution in [2.75, 3.05) is 13.1 Å². The molecule has 0 saturated heterocycles. The molecular formula is C7H15ClN2O3. The van der Waals surface area contributed by atoms with E-state index in [1.807, 2.05) is 0 Å². The maximum absolute atomic E-state index is 10.7. The van der Waals surface area contributed by atoms with Crippen LogP contribution in [0.1, 0.15) is 25.7 Å². The number of carbonyl (C=O) groups is 1. The smallest absolute Gasteiger partial charge is 0.261 e. The average molecular weight is 211 g/mol. The highest BCUT2D eigenvalue weighted by Gasteiger charge is 2.07. The Labute approximate surface area is 83.2 Å². The summed E-state index contributed by atoms with van der Waals surface area (Å²) in [6.45, 7) is 0.0754. The highest BCUT2D eigenvalue weighted by molar-refractivity contribution is 5.85. The highest BCUT2D eigenvalue weighted by Crippen LogP contribution is 1.99. The van der Waals surface area contributed by atoms with Gasteiger partial charge in [-0.25, -0.2) is 0 Å². The van der Waals surface area contributed by atoms with Crippen LogP contribution in [0.2, 0.25) is 0 Å². The lowest BCUT2D eigenvalue weighted by Gasteiger charge is -1.95. The summed E-state index contributed by atoms with van der Waals surface area (Å²) in [7, 11) is 0. The Bertz CT molecular complexity index is 164. The van der Waals surface area contributed by atoms with Gasteiger partial charge in [-0.3, -0.25) is 14.9 Å². The number of unbranched alkanes of at least 4 members (excludes halogenated alkanes) is 2. The number of halogens is 1. The first-order valence-corrected chi connectivity index (χ1v) is 4.00. The SMILES string of the molecule is Cl.NCCCCCC(=O)C[N+](=O)[O-]. The fraction of sp³-hybridized carbons (Fsp3) is 0.857. The monoisotopic (exact) mass is 210 g/mol. The van der Waals surface area contributed by atoms with Gasteiger partial charge in [0.2, 0.25) is 5.78 Å². The molecule has 0 unspecified atom stereocenters. The van der Waals surface area contributed by atoms with E-state index in [-0.39, 0.29) is 18.2 Å². The van der Waals surface area contributed by atoms with Crippen LogP contribution >= 0.6 is 12.4 Å². The fourth-order valence-electron chi connectivity index (χ4n) is 0.866. The third kappa shape index (κ3) is 11.3. The zero-order valence-corrected chi connectivity index (χ0v) is 8.22. The van der Waals surface area contributed by atoms with E-state index >= 15 is 0 Å². The lowest BCUT2D eigenvalue weighted by atomic mass is 10.1. The van der Waals surface area contributed by atoms with E-state index in [0.717, 1.165) is 12.8 Å². The van der Waals surface area contributed by atoms with E-state index in [9.17, 15) is 14.9 Å². The van der Waals surface area contributed by atoms with Crippen molar-refractivity contribution in [3.05, 3.63) is 10.1 Å². The summed E-state index contributed by atoms with van der Waals surface area (Å²) in [5.41, 5.74) is 5.23. The number of nitrogens with two attached hydrogens (primary N) is 1. The van der Waals surface area contributed by atoms with E-state index in [1.54, 1.807) is 0 Å². The molecule has 0 spiro atoms. The normalized spacial score (nSPS) is 9.00. The van der Waals surface area contributed by atoms with Gasteiger partial charge in [0.25, 0.3) is 6.54 Å². The zero-order valence-electron chi connectivity index (χ0n) is 7.40. The Kier molecular flexibility index (Phi) is 10.7. The molecule has 5 nitrogen and oxygen atoms in total. The van der Waals surface area contributed by atoms with Crippen molar-refractivity contribution >= 4 is 18.2 Å². The molecule has 6 heteroatoms. The number of nitro groups is 1. The van der Waals surface area contributed by atoms with Crippen molar-refractivity contribution in [1.29, 1.82) is 0 Å². The number of rotatable bonds is 7. The number of Topliss-reactive ketones (excluding diaryl/α,β-unsaturated/α-hetero) is 1. The van der Waals surface area contributed by atoms with Gasteiger partial charge < -0.3 is 5.73 Å². The minimum atomic E-state index is -0.592. The van der Waals surface area contributed by atoms with Gasteiger partial charge in [0, 0.05) is 11.3 Å². The van der Waals surface area contributed by atoms with Gasteiger partial charge in [0.1, 0.15) is 0 Å². The molecule has 0 fully saturated rings. The van der Waals surface area contributed by atoms with Crippen molar-refractivity contribution in [3.8, 4) is 0 Å². The van der Waals surface area contributed by atoms with Crippen molar-refractivity contribution < 1.29 is 9.72 Å². The molecule has 0 aromatic rings. The van der Waals surface area contributed by atoms with Crippen molar-refractivity contribution in [2.45, 2.75) is 25.7 Å². The molecular weight excluding hydrogens is 196 g/mol. The van der Waals surface area contributed by atoms with Crippen LogP contribution in [0.15, 0.2) is 0 Å². The lowest BCUT2D eigenvalue weighted by Crippen LogP contribution is -2.13. The predicted molar refractivity (Wildman–Crippen MR) is 51.6 cm³/mol. The Hall–Kier alpha value is -0.680. The third-order valence-corrected chi connectivity index (χ3v) is 1.47. The van der Waals surface area contributed by atoms with Crippen LogP contribution < -0.4 is 5.73 Å². The van der Waals surface area contributed by atoms with E-state index in [0.29, 0.717) is 19.4 Å². The van der Waals surface area contributed by atoms with Gasteiger partial charge >= 0.3 is 0 Å². The molecule has 0 aliphatic heterocycles. The highest BCUT2D eigenvalue weighted by atomic mass is 35.5. The summed E-state index contributed by atoms with van der Waals surface area (Å²) in [5.74, 6) is -0.294. The molecule has 0 radical (unpaired) electrons. The third-order valence-electron chi connectivity index (χ3n) is 1.47. The second-order valence-corrected chi connectivity index (χ2v) is 2.63. The quantitative estimate of drug-likeness (QED) is 0.382. The molecule has 0 aliphatic carbocycles. The summed E-state index contributed by atoms with van der Waals surface area (Å²) in [6.07, 6.45) is 2.77. The van der Waals surface area contributed by atoms with Gasteiger partial charge in [-0.05, 0) is 19.4 Å². The van der Waals surface area contributed by atoms with E-state index < -0.39 is 11.5 Å². The first kappa shape index (κ1) is 14.8. The zero-order chi connectivity index (χ0) is 9.40. The van der Waals surface area contributed by atoms with Crippen LogP contribution in [-0.4, -0.2) is 23.8 Å². The van der Waals surface area contributed by atoms with E-state index in [4.69, 9.17) is 5.73 Å². The van der Waals surface area contributed by atoms with E-state index in [2.05, 4.69) is 0 Å². The van der Waals surface area contributed by atoms with Crippen LogP contribution in [0.4, 0.5) is 0 Å². The molecule has 0 rings (SSSR count). The van der Waals surface area contributed by atoms with Crippen LogP contribution in [-0.2, 0) is 4.79 Å². The van der Waals surface area contributed by atoms with Gasteiger partial charge in [-0.15, -0.1) is 12.4 Å². The summed E-state index contributed by atoms with van der Waals surface area (Å²) in [4.78, 5) is 20.0. The second-order valence-electron chi connectivity index (χ2n) is 2.63. The summed E-state index contributed by atoms with van der Waals surface area (Å²) >= 11 is 0. The second kappa shape index (κ2) is 9.41. The lowest BCUT2D eigenvalue weighted by molar-refractivity contribution is -0.467. The molecule has 0 aromatic heterocycles. The van der Waals surface area contributed by atoms with Crippen molar-refractivity contribution in [2.24, 2.45) is 5.73 Å². The largest absolute Gasteiger partial charge is 0.330 e. The Morgan fingerprint density at radius 1 is 1.31 bits per heavy atom. The molecule has 0 aromatic carbocycles. The molecule has 78 valence electrons. The predicted octanol–water partition coefficient (Wildman–Crippen LogP) is 0.773. The standard InChI is InChI=1S/C7H14N2O3.ClH/c8-5-3-1-2-4-7(10)6-9(11)12;/h1-6,8H2;1H. The van der Waals surface area contributed by atoms with E-state index in [1.165, 1.54) is 0 Å². The van der Waals surface area contributed by atoms with Crippen LogP contribution in [0.5, 0.6) is 0 Å². The number of carbonyl (C=O) groups excluding carboxylic acids is 1. The van der Waals surface area contributed by atoms with Gasteiger partial charge in [0.15, 0.2) is 0 Å². The molecule has 0 bridgehead atoms. The summed E-state index contributed by atoms with van der Waals surface area (Å²) < 4.78 is 0. The number of hydrogen-bond acceptors (Lipinski definition) is 4. The first-order chi connectivity index (χ1) is 5.66. The maximum atomic E-state index is 10.7. The molecule has 0 saturated carbocycles. The van der Waals surface area contributed by atoms with Crippen LogP contribution in [0.25, 0.3) is 0 Å². The molecule has 0 heterocycles. The minimum absolute atomic E-state index is 0. The Morgan fingerprint density at radius 3 is 2.38 bits per heavy atom. The van der Waals surface area contributed by atoms with Crippen LogP contribution in [0, 0.1) is 10.1 Å². The van der Waals surface area contributed by atoms with Gasteiger partial charge in [-0.2, -0.15) is 0 Å². The summed E-state index contributed by atoms with van der Waals surface area (Å²) in [5, 5.41) is 9.86. The molecule has 0 aliphatic rings. The molecule has 2 N–H and O–H groups in total. The molecule has 0 amide bonds.